The van der Waals surface area contributed by atoms with Crippen molar-refractivity contribution in [2.24, 2.45) is 11.8 Å². The molecule has 0 bridgehead atoms. The highest BCUT2D eigenvalue weighted by molar-refractivity contribution is 5.84. The van der Waals surface area contributed by atoms with Crippen LogP contribution in [0.3, 0.4) is 0 Å². The molecule has 2 atom stereocenters. The zero-order valence-corrected chi connectivity index (χ0v) is 13.3. The maximum Gasteiger partial charge on any atom is 0.305 e. The molecule has 1 rings (SSSR count). The largest absolute Gasteiger partial charge is 0.469 e. The van der Waals surface area contributed by atoms with Gasteiger partial charge in [-0.25, -0.2) is 0 Å². The Bertz CT molecular complexity index is 288. The van der Waals surface area contributed by atoms with Crippen molar-refractivity contribution in [2.75, 3.05) is 20.3 Å². The van der Waals surface area contributed by atoms with E-state index in [0.717, 1.165) is 19.3 Å². The number of esters is 1. The fraction of sp³-hybridized carbons (Fsp3) is 0.875. The molecule has 0 aromatic heterocycles. The predicted molar refractivity (Wildman–Crippen MR) is 80.8 cm³/mol. The molecule has 0 unspecified atom stereocenters. The van der Waals surface area contributed by atoms with Gasteiger partial charge in [-0.2, -0.15) is 0 Å². The summed E-state index contributed by atoms with van der Waals surface area (Å²) in [4.78, 5) is 23.0. The van der Waals surface area contributed by atoms with Crippen molar-refractivity contribution in [1.29, 1.82) is 0 Å². The van der Waals surface area contributed by atoms with E-state index in [0.29, 0.717) is 18.6 Å². The van der Waals surface area contributed by atoms with Gasteiger partial charge in [0.15, 0.2) is 0 Å². The van der Waals surface area contributed by atoms with Gasteiger partial charge in [0.1, 0.15) is 5.78 Å². The van der Waals surface area contributed by atoms with Crippen molar-refractivity contribution < 1.29 is 24.5 Å². The number of Topliss-reactive ketones (excluding diaryl/α,β-unsaturated/α-hetero) is 1. The minimum atomic E-state index is -0.178. The Kier molecular flexibility index (Phi) is 12.2. The number of aliphatic hydroxyl groups excluding tert-OH is 2. The lowest BCUT2D eigenvalue weighted by atomic mass is 9.88. The van der Waals surface area contributed by atoms with Crippen LogP contribution in [0.25, 0.3) is 0 Å². The normalized spacial score (nSPS) is 20.9. The van der Waals surface area contributed by atoms with Gasteiger partial charge in [-0.15, -0.1) is 0 Å². The molecule has 124 valence electrons. The quantitative estimate of drug-likeness (QED) is 0.530. The lowest BCUT2D eigenvalue weighted by Gasteiger charge is -2.16. The highest BCUT2D eigenvalue weighted by Crippen LogP contribution is 2.35. The summed E-state index contributed by atoms with van der Waals surface area (Å²) in [5.74, 6) is 0.529. The van der Waals surface area contributed by atoms with Gasteiger partial charge in [0.2, 0.25) is 0 Å². The van der Waals surface area contributed by atoms with Crippen molar-refractivity contribution >= 4 is 11.8 Å². The van der Waals surface area contributed by atoms with Gasteiger partial charge in [0.25, 0.3) is 0 Å². The van der Waals surface area contributed by atoms with Gasteiger partial charge in [0, 0.05) is 18.8 Å². The van der Waals surface area contributed by atoms with Crippen LogP contribution >= 0.6 is 0 Å². The van der Waals surface area contributed by atoms with E-state index in [1.54, 1.807) is 0 Å². The van der Waals surface area contributed by atoms with Crippen LogP contribution in [0.15, 0.2) is 0 Å². The Labute approximate surface area is 127 Å². The first kappa shape index (κ1) is 20.1. The molecule has 5 nitrogen and oxygen atoms in total. The Morgan fingerprint density at radius 1 is 1.24 bits per heavy atom. The van der Waals surface area contributed by atoms with E-state index in [1.807, 2.05) is 0 Å². The first-order valence-corrected chi connectivity index (χ1v) is 7.91. The average molecular weight is 302 g/mol. The van der Waals surface area contributed by atoms with Crippen LogP contribution in [0.5, 0.6) is 0 Å². The summed E-state index contributed by atoms with van der Waals surface area (Å²) in [6, 6.07) is 0. The Morgan fingerprint density at radius 3 is 2.43 bits per heavy atom. The van der Waals surface area contributed by atoms with E-state index >= 15 is 0 Å². The first-order valence-electron chi connectivity index (χ1n) is 7.91. The van der Waals surface area contributed by atoms with Gasteiger partial charge in [-0.05, 0) is 18.8 Å². The Morgan fingerprint density at radius 2 is 1.90 bits per heavy atom. The second-order valence-electron chi connectivity index (χ2n) is 5.45. The van der Waals surface area contributed by atoms with Crippen LogP contribution < -0.4 is 0 Å². The van der Waals surface area contributed by atoms with E-state index in [4.69, 9.17) is 10.2 Å². The lowest BCUT2D eigenvalue weighted by Crippen LogP contribution is -2.18. The summed E-state index contributed by atoms with van der Waals surface area (Å²) >= 11 is 0. The topological polar surface area (TPSA) is 83.8 Å². The molecule has 1 fully saturated rings. The molecule has 0 aromatic carbocycles. The number of carbonyl (C=O) groups is 2. The number of rotatable bonds is 8. The van der Waals surface area contributed by atoms with E-state index < -0.39 is 0 Å². The maximum atomic E-state index is 11.8. The predicted octanol–water partition coefficient (Wildman–Crippen LogP) is 2.09. The summed E-state index contributed by atoms with van der Waals surface area (Å²) in [5, 5.41) is 15.2. The third kappa shape index (κ3) is 8.83. The van der Waals surface area contributed by atoms with Crippen LogP contribution in [0.4, 0.5) is 0 Å². The van der Waals surface area contributed by atoms with Crippen LogP contribution in [-0.4, -0.2) is 42.3 Å². The third-order valence-electron chi connectivity index (χ3n) is 3.87. The highest BCUT2D eigenvalue weighted by Gasteiger charge is 2.35. The molecule has 0 spiro atoms. The molecule has 1 aliphatic rings. The summed E-state index contributed by atoms with van der Waals surface area (Å²) < 4.78 is 4.69. The summed E-state index contributed by atoms with van der Waals surface area (Å²) in [7, 11) is 1.41. The standard InChI is InChI=1S/C14H24O3.C2H6O2/c1-3-4-5-6-7-12-11(8-9-13(12)15)10-14(16)17-2;3-1-2-4/h11-12H,3-10H2,1-2H3;3-4H,1-2H2/t11-,12+;/m0./s1. The molecule has 0 heterocycles. The Balaban J connectivity index is 0.000000885. The highest BCUT2D eigenvalue weighted by atomic mass is 16.5. The number of hydrogen-bond acceptors (Lipinski definition) is 5. The van der Waals surface area contributed by atoms with Crippen LogP contribution in [-0.2, 0) is 14.3 Å². The number of ketones is 1. The zero-order valence-electron chi connectivity index (χ0n) is 13.3. The molecular formula is C16H30O5. The van der Waals surface area contributed by atoms with Gasteiger partial charge in [0.05, 0.1) is 20.3 Å². The second-order valence-corrected chi connectivity index (χ2v) is 5.45. The number of hydrogen-bond donors (Lipinski definition) is 2. The fourth-order valence-corrected chi connectivity index (χ4v) is 2.71. The minimum absolute atomic E-state index is 0.117. The van der Waals surface area contributed by atoms with Gasteiger partial charge in [-0.3, -0.25) is 9.59 Å². The molecule has 1 saturated carbocycles. The van der Waals surface area contributed by atoms with Crippen LogP contribution in [0, 0.1) is 11.8 Å². The van der Waals surface area contributed by atoms with Crippen LogP contribution in [0.2, 0.25) is 0 Å². The first-order chi connectivity index (χ1) is 10.1. The van der Waals surface area contributed by atoms with Crippen molar-refractivity contribution in [3.05, 3.63) is 0 Å². The molecule has 0 aliphatic heterocycles. The van der Waals surface area contributed by atoms with Crippen LogP contribution in [0.1, 0.15) is 58.3 Å². The Hall–Kier alpha value is -0.940. The number of ether oxygens (including phenoxy) is 1. The molecular weight excluding hydrogens is 272 g/mol. The summed E-state index contributed by atoms with van der Waals surface area (Å²) in [5.41, 5.74) is 0. The maximum absolute atomic E-state index is 11.8. The van der Waals surface area contributed by atoms with Crippen molar-refractivity contribution in [1.82, 2.24) is 0 Å². The molecule has 0 radical (unpaired) electrons. The molecule has 2 N–H and O–H groups in total. The second kappa shape index (κ2) is 12.8. The smallest absolute Gasteiger partial charge is 0.305 e. The van der Waals surface area contributed by atoms with E-state index in [1.165, 1.54) is 26.4 Å². The zero-order chi connectivity index (χ0) is 16.1. The monoisotopic (exact) mass is 302 g/mol. The number of aliphatic hydroxyl groups is 2. The van der Waals surface area contributed by atoms with Gasteiger partial charge in [-0.1, -0.05) is 32.6 Å². The summed E-state index contributed by atoms with van der Waals surface area (Å²) in [6.45, 7) is 1.93. The van der Waals surface area contributed by atoms with E-state index in [2.05, 4.69) is 11.7 Å². The SMILES string of the molecule is CCCCCC[C@H]1C(=O)CC[C@H]1CC(=O)OC.OCCO. The minimum Gasteiger partial charge on any atom is -0.469 e. The number of carbonyl (C=O) groups excluding carboxylic acids is 2. The summed E-state index contributed by atoms with van der Waals surface area (Å²) in [6.07, 6.45) is 7.66. The average Bonchev–Trinajstić information content (AvgIpc) is 2.84. The van der Waals surface area contributed by atoms with Crippen molar-refractivity contribution in [2.45, 2.75) is 58.3 Å². The lowest BCUT2D eigenvalue weighted by molar-refractivity contribution is -0.142. The van der Waals surface area contributed by atoms with Crippen molar-refractivity contribution in [3.63, 3.8) is 0 Å². The molecule has 0 saturated heterocycles. The van der Waals surface area contributed by atoms with E-state index in [9.17, 15) is 9.59 Å². The van der Waals surface area contributed by atoms with Gasteiger partial charge < -0.3 is 14.9 Å². The number of methoxy groups -OCH3 is 1. The van der Waals surface area contributed by atoms with Crippen molar-refractivity contribution in [3.8, 4) is 0 Å². The molecule has 0 amide bonds. The third-order valence-corrected chi connectivity index (χ3v) is 3.87. The fourth-order valence-electron chi connectivity index (χ4n) is 2.71. The molecule has 5 heteroatoms. The van der Waals surface area contributed by atoms with E-state index in [-0.39, 0.29) is 31.0 Å². The van der Waals surface area contributed by atoms with Gasteiger partial charge >= 0.3 is 5.97 Å². The molecule has 0 aromatic rings. The molecule has 1 aliphatic carbocycles. The number of unbranched alkanes of at least 4 members (excludes halogenated alkanes) is 3. The molecule has 21 heavy (non-hydrogen) atoms.